The number of nitriles is 1. The minimum atomic E-state index is -4.61. The van der Waals surface area contributed by atoms with Gasteiger partial charge in [-0.1, -0.05) is 12.1 Å². The Morgan fingerprint density at radius 3 is 2.55 bits per heavy atom. The molecule has 0 spiro atoms. The fraction of sp³-hybridized carbons (Fsp3) is 0.357. The molecule has 1 aromatic heterocycles. The average Bonchev–Trinajstić information content (AvgIpc) is 3.27. The van der Waals surface area contributed by atoms with Crippen LogP contribution in [0.4, 0.5) is 24.8 Å². The maximum atomic E-state index is 13.6. The number of nitrogens with zero attached hydrogens (tertiary/aromatic N) is 5. The zero-order valence-corrected chi connectivity index (χ0v) is 22.8. The highest BCUT2D eigenvalue weighted by molar-refractivity contribution is 5.93. The van der Waals surface area contributed by atoms with Gasteiger partial charge in [0.1, 0.15) is 6.04 Å². The van der Waals surface area contributed by atoms with Crippen molar-refractivity contribution < 1.29 is 27.2 Å². The van der Waals surface area contributed by atoms with E-state index in [1.54, 1.807) is 25.1 Å². The Kier molecular flexibility index (Phi) is 7.63. The molecule has 0 saturated heterocycles. The van der Waals surface area contributed by atoms with Gasteiger partial charge in [0.15, 0.2) is 0 Å². The van der Waals surface area contributed by atoms with Crippen molar-refractivity contribution in [2.24, 2.45) is 0 Å². The van der Waals surface area contributed by atoms with Crippen LogP contribution in [-0.4, -0.2) is 60.0 Å². The number of carbonyl (C=O) groups excluding carboxylic acids is 1. The van der Waals surface area contributed by atoms with Crippen LogP contribution in [0.1, 0.15) is 41.6 Å². The van der Waals surface area contributed by atoms with Gasteiger partial charge in [-0.2, -0.15) is 18.4 Å². The van der Waals surface area contributed by atoms with Gasteiger partial charge in [-0.05, 0) is 54.8 Å². The summed E-state index contributed by atoms with van der Waals surface area (Å²) in [5, 5.41) is 16.1. The first kappa shape index (κ1) is 28.6. The number of aromatic amines is 1. The summed E-state index contributed by atoms with van der Waals surface area (Å²) in [5.74, 6) is -0.735. The number of H-pyrrole nitrogens is 1. The molecule has 3 aromatic rings. The van der Waals surface area contributed by atoms with E-state index in [4.69, 9.17) is 4.74 Å². The molecule has 0 fully saturated rings. The lowest BCUT2D eigenvalue weighted by atomic mass is 9.88. The smallest absolute Gasteiger partial charge is 0.416 e. The van der Waals surface area contributed by atoms with Gasteiger partial charge in [0.25, 0.3) is 0 Å². The van der Waals surface area contributed by atoms with Crippen LogP contribution in [0.3, 0.4) is 0 Å². The number of methoxy groups -OCH3 is 1. The fourth-order valence-electron chi connectivity index (χ4n) is 4.98. The largest absolute Gasteiger partial charge is 0.466 e. The summed E-state index contributed by atoms with van der Waals surface area (Å²) in [7, 11) is 7.39. The predicted octanol–water partition coefficient (Wildman–Crippen LogP) is 4.29. The maximum absolute atomic E-state index is 13.6. The Bertz CT molecular complexity index is 1570. The number of rotatable bonds is 7. The molecule has 12 heteroatoms. The summed E-state index contributed by atoms with van der Waals surface area (Å²) in [6.07, 6.45) is -3.28. The number of esters is 1. The number of halogens is 3. The number of hydrogen-bond donors (Lipinski definition) is 1. The molecule has 0 aliphatic carbocycles. The molecule has 1 atom stereocenters. The predicted molar refractivity (Wildman–Crippen MR) is 142 cm³/mol. The summed E-state index contributed by atoms with van der Waals surface area (Å²) >= 11 is 0. The van der Waals surface area contributed by atoms with E-state index >= 15 is 0 Å². The molecule has 4 rings (SSSR count). The third-order valence-corrected chi connectivity index (χ3v) is 6.82. The van der Waals surface area contributed by atoms with Gasteiger partial charge in [0.2, 0.25) is 5.95 Å². The number of carbonyl (C=O) groups is 1. The van der Waals surface area contributed by atoms with Crippen molar-refractivity contribution >= 4 is 17.6 Å². The second kappa shape index (κ2) is 10.7. The number of nitrogens with one attached hydrogen (secondary N) is 1. The normalized spacial score (nSPS) is 15.6. The highest BCUT2D eigenvalue weighted by atomic mass is 19.4. The molecule has 40 heavy (non-hydrogen) atoms. The average molecular weight is 556 g/mol. The Morgan fingerprint density at radius 2 is 1.93 bits per heavy atom. The summed E-state index contributed by atoms with van der Waals surface area (Å²) in [6, 6.07) is 10.7. The molecular weight excluding hydrogens is 525 g/mol. The number of fused-ring (bicyclic) bond motifs is 1. The van der Waals surface area contributed by atoms with Crippen LogP contribution in [0.15, 0.2) is 58.5 Å². The van der Waals surface area contributed by atoms with E-state index in [1.807, 2.05) is 0 Å². The highest BCUT2D eigenvalue weighted by Crippen LogP contribution is 2.43. The number of alkyl halides is 3. The molecule has 0 amide bonds. The van der Waals surface area contributed by atoms with Gasteiger partial charge in [0, 0.05) is 17.8 Å². The van der Waals surface area contributed by atoms with E-state index in [2.05, 4.69) is 37.4 Å². The van der Waals surface area contributed by atoms with E-state index in [1.165, 1.54) is 28.7 Å². The fourth-order valence-corrected chi connectivity index (χ4v) is 4.98. The van der Waals surface area contributed by atoms with Gasteiger partial charge in [-0.3, -0.25) is 4.90 Å². The van der Waals surface area contributed by atoms with Gasteiger partial charge in [-0.15, -0.1) is 5.10 Å². The van der Waals surface area contributed by atoms with Crippen LogP contribution in [0.5, 0.6) is 0 Å². The number of ether oxygens (including phenoxy) is 1. The maximum Gasteiger partial charge on any atom is 0.416 e. The summed E-state index contributed by atoms with van der Waals surface area (Å²) < 4.78 is 47.7. The Morgan fingerprint density at radius 1 is 1.20 bits per heavy atom. The van der Waals surface area contributed by atoms with Crippen molar-refractivity contribution in [3.63, 3.8) is 0 Å². The monoisotopic (exact) mass is 555 g/mol. The highest BCUT2D eigenvalue weighted by Gasteiger charge is 2.41. The second-order valence-corrected chi connectivity index (χ2v) is 10.6. The standard InChI is InChI=1S/C28H29F3N6O3/c1-17-23(25(38)40-5)24(22-12-11-18(16-32)14-19(22)8-7-13-37(2,3)4)36-26(33-34-27(36)39)35(17)21-10-6-9-20(15-21)28(29,30)31/h6,9-12,14-15,24H,7-8,13H2,1-5H3/p+1. The molecule has 1 aliphatic heterocycles. The number of benzene rings is 2. The van der Waals surface area contributed by atoms with Crippen LogP contribution in [0.25, 0.3) is 0 Å². The molecule has 2 heterocycles. The zero-order chi connectivity index (χ0) is 29.4. The topological polar surface area (TPSA) is 104 Å². The third kappa shape index (κ3) is 5.51. The lowest BCUT2D eigenvalue weighted by Gasteiger charge is -2.36. The first-order valence-corrected chi connectivity index (χ1v) is 12.5. The van der Waals surface area contributed by atoms with Crippen LogP contribution in [-0.2, 0) is 22.1 Å². The van der Waals surface area contributed by atoms with Crippen LogP contribution >= 0.6 is 0 Å². The lowest BCUT2D eigenvalue weighted by molar-refractivity contribution is -0.870. The van der Waals surface area contributed by atoms with E-state index < -0.39 is 29.4 Å². The zero-order valence-electron chi connectivity index (χ0n) is 22.8. The SMILES string of the molecule is COC(=O)C1=C(C)N(c2cccc(C(F)(F)F)c2)c2n[nH]c(=O)n2C1c1ccc(C#N)cc1CCC[N+](C)(C)C. The molecular formula is C28H30F3N6O3+. The van der Waals surface area contributed by atoms with Gasteiger partial charge < -0.3 is 9.22 Å². The number of aromatic nitrogens is 3. The minimum absolute atomic E-state index is 0.0149. The molecule has 1 aliphatic rings. The summed E-state index contributed by atoms with van der Waals surface area (Å²) in [4.78, 5) is 27.8. The second-order valence-electron chi connectivity index (χ2n) is 10.6. The van der Waals surface area contributed by atoms with E-state index in [0.29, 0.717) is 17.5 Å². The summed E-state index contributed by atoms with van der Waals surface area (Å²) in [5.41, 5.74) is 0.605. The molecule has 1 unspecified atom stereocenters. The van der Waals surface area contributed by atoms with E-state index in [0.717, 1.165) is 35.1 Å². The molecule has 0 radical (unpaired) electrons. The number of allylic oxidation sites excluding steroid dienone is 1. The van der Waals surface area contributed by atoms with Crippen molar-refractivity contribution in [3.8, 4) is 6.07 Å². The quantitative estimate of drug-likeness (QED) is 0.345. The third-order valence-electron chi connectivity index (χ3n) is 6.82. The molecule has 0 bridgehead atoms. The Hall–Kier alpha value is -4.37. The van der Waals surface area contributed by atoms with E-state index in [9.17, 15) is 28.0 Å². The number of hydrogen-bond acceptors (Lipinski definition) is 6. The van der Waals surface area contributed by atoms with E-state index in [-0.39, 0.29) is 22.9 Å². The minimum Gasteiger partial charge on any atom is -0.466 e. The van der Waals surface area contributed by atoms with Crippen molar-refractivity contribution in [1.82, 2.24) is 14.8 Å². The van der Waals surface area contributed by atoms with Crippen molar-refractivity contribution in [3.05, 3.63) is 86.5 Å². The van der Waals surface area contributed by atoms with Crippen molar-refractivity contribution in [1.29, 1.82) is 5.26 Å². The van der Waals surface area contributed by atoms with Gasteiger partial charge in [-0.25, -0.2) is 19.3 Å². The van der Waals surface area contributed by atoms with Gasteiger partial charge >= 0.3 is 17.8 Å². The molecule has 210 valence electrons. The molecule has 0 saturated carbocycles. The summed E-state index contributed by atoms with van der Waals surface area (Å²) in [6.45, 7) is 2.41. The lowest BCUT2D eigenvalue weighted by Crippen LogP contribution is -2.38. The van der Waals surface area contributed by atoms with Crippen LogP contribution < -0.4 is 10.6 Å². The first-order valence-electron chi connectivity index (χ1n) is 12.5. The van der Waals surface area contributed by atoms with Crippen LogP contribution in [0.2, 0.25) is 0 Å². The number of quaternary nitrogens is 1. The molecule has 2 aromatic carbocycles. The van der Waals surface area contributed by atoms with Crippen molar-refractivity contribution in [2.75, 3.05) is 39.7 Å². The Balaban J connectivity index is 1.96. The Labute approximate surface area is 229 Å². The number of anilines is 2. The molecule has 9 nitrogen and oxygen atoms in total. The van der Waals surface area contributed by atoms with Crippen LogP contribution in [0, 0.1) is 11.3 Å². The molecule has 1 N–H and O–H groups in total. The first-order chi connectivity index (χ1) is 18.8. The van der Waals surface area contributed by atoms with Crippen molar-refractivity contribution in [2.45, 2.75) is 32.0 Å². The van der Waals surface area contributed by atoms with Gasteiger partial charge in [0.05, 0.1) is 57.6 Å². The number of aryl methyl sites for hydroxylation is 1.